The lowest BCUT2D eigenvalue weighted by Crippen LogP contribution is -1.86. The van der Waals surface area contributed by atoms with Crippen LogP contribution in [0.2, 0.25) is 0 Å². The fraction of sp³-hybridized carbons (Fsp3) is 0.167. The highest BCUT2D eigenvalue weighted by atomic mass is 16.6. The molecule has 0 aliphatic carbocycles. The van der Waals surface area contributed by atoms with Gasteiger partial charge in [0.05, 0.1) is 4.92 Å². The number of rotatable bonds is 4. The molecule has 3 heteroatoms. The molecule has 0 unspecified atom stereocenters. The van der Waals surface area contributed by atoms with Crippen molar-refractivity contribution >= 4 is 11.8 Å². The zero-order chi connectivity index (χ0) is 11.1. The van der Waals surface area contributed by atoms with Crippen LogP contribution in [0.1, 0.15) is 18.9 Å². The number of nitrogens with zero attached hydrogens (tertiary/aromatic N) is 1. The minimum atomic E-state index is -0.398. The van der Waals surface area contributed by atoms with Crippen LogP contribution in [0.3, 0.4) is 0 Å². The van der Waals surface area contributed by atoms with Crippen LogP contribution in [0.25, 0.3) is 6.08 Å². The Morgan fingerprint density at radius 2 is 1.93 bits per heavy atom. The summed E-state index contributed by atoms with van der Waals surface area (Å²) in [6.07, 6.45) is 8.84. The summed E-state index contributed by atoms with van der Waals surface area (Å²) in [5, 5.41) is 10.4. The van der Waals surface area contributed by atoms with Crippen LogP contribution in [0.15, 0.2) is 42.5 Å². The highest BCUT2D eigenvalue weighted by molar-refractivity contribution is 5.53. The normalized spacial score (nSPS) is 11.3. The zero-order valence-electron chi connectivity index (χ0n) is 8.59. The van der Waals surface area contributed by atoms with Gasteiger partial charge in [0.2, 0.25) is 0 Å². The lowest BCUT2D eigenvalue weighted by Gasteiger charge is -1.92. The lowest BCUT2D eigenvalue weighted by molar-refractivity contribution is -0.384. The molecule has 0 aliphatic heterocycles. The quantitative estimate of drug-likeness (QED) is 0.426. The van der Waals surface area contributed by atoms with E-state index in [2.05, 4.69) is 6.92 Å². The van der Waals surface area contributed by atoms with Crippen LogP contribution in [0.5, 0.6) is 0 Å². The predicted molar refractivity (Wildman–Crippen MR) is 61.6 cm³/mol. The van der Waals surface area contributed by atoms with Crippen LogP contribution >= 0.6 is 0 Å². The number of hydrogen-bond acceptors (Lipinski definition) is 2. The van der Waals surface area contributed by atoms with Gasteiger partial charge in [0, 0.05) is 12.1 Å². The van der Waals surface area contributed by atoms with Crippen molar-refractivity contribution in [2.75, 3.05) is 0 Å². The minimum absolute atomic E-state index is 0.122. The molecular formula is C12H13NO2. The molecular weight excluding hydrogens is 190 g/mol. The van der Waals surface area contributed by atoms with Crippen LogP contribution in [-0.4, -0.2) is 4.92 Å². The Kier molecular flexibility index (Phi) is 4.29. The second-order valence-corrected chi connectivity index (χ2v) is 3.04. The summed E-state index contributed by atoms with van der Waals surface area (Å²) in [7, 11) is 0. The third-order valence-electron chi connectivity index (χ3n) is 1.88. The molecule has 0 atom stereocenters. The molecule has 78 valence electrons. The van der Waals surface area contributed by atoms with E-state index in [9.17, 15) is 10.1 Å². The number of hydrogen-bond donors (Lipinski definition) is 0. The molecule has 0 bridgehead atoms. The molecule has 1 aromatic rings. The molecule has 0 saturated heterocycles. The molecule has 15 heavy (non-hydrogen) atoms. The third kappa shape index (κ3) is 3.77. The molecule has 1 rings (SSSR count). The molecule has 0 aromatic heterocycles. The first-order chi connectivity index (χ1) is 7.24. The van der Waals surface area contributed by atoms with E-state index in [4.69, 9.17) is 0 Å². The predicted octanol–water partition coefficient (Wildman–Crippen LogP) is 3.57. The van der Waals surface area contributed by atoms with Crippen molar-refractivity contribution in [3.05, 3.63) is 58.2 Å². The molecule has 3 nitrogen and oxygen atoms in total. The van der Waals surface area contributed by atoms with Crippen LogP contribution in [-0.2, 0) is 0 Å². The summed E-state index contributed by atoms with van der Waals surface area (Å²) in [5.74, 6) is 0. The van der Waals surface area contributed by atoms with Gasteiger partial charge in [0.15, 0.2) is 0 Å². The summed E-state index contributed by atoms with van der Waals surface area (Å²) in [6, 6.07) is 6.47. The summed E-state index contributed by atoms with van der Waals surface area (Å²) in [4.78, 5) is 9.99. The maximum Gasteiger partial charge on any atom is 0.269 e. The highest BCUT2D eigenvalue weighted by Crippen LogP contribution is 2.12. The number of allylic oxidation sites excluding steroid dienone is 3. The fourth-order valence-corrected chi connectivity index (χ4v) is 1.09. The monoisotopic (exact) mass is 203 g/mol. The van der Waals surface area contributed by atoms with Crippen molar-refractivity contribution in [1.82, 2.24) is 0 Å². The van der Waals surface area contributed by atoms with Crippen LogP contribution in [0, 0.1) is 10.1 Å². The number of benzene rings is 1. The molecule has 0 saturated carbocycles. The average Bonchev–Trinajstić information content (AvgIpc) is 2.25. The van der Waals surface area contributed by atoms with E-state index in [1.54, 1.807) is 12.1 Å². The summed E-state index contributed by atoms with van der Waals surface area (Å²) in [5.41, 5.74) is 1.08. The first kappa shape index (κ1) is 11.2. The summed E-state index contributed by atoms with van der Waals surface area (Å²) in [6.45, 7) is 2.07. The Labute approximate surface area is 88.9 Å². The standard InChI is InChI=1S/C12H13NO2/c1-2-3-4-5-6-11-7-9-12(10-8-11)13(14)15/h3-10H,2H2,1H3/b4-3+,6-5+. The molecule has 0 spiro atoms. The van der Waals surface area contributed by atoms with Gasteiger partial charge in [0.25, 0.3) is 5.69 Å². The van der Waals surface area contributed by atoms with Crippen molar-refractivity contribution in [3.8, 4) is 0 Å². The Morgan fingerprint density at radius 1 is 1.27 bits per heavy atom. The van der Waals surface area contributed by atoms with E-state index in [0.717, 1.165) is 12.0 Å². The number of nitro benzene ring substituents is 1. The van der Waals surface area contributed by atoms with Crippen molar-refractivity contribution in [3.63, 3.8) is 0 Å². The molecule has 0 heterocycles. The SMILES string of the molecule is CC/C=C/C=C/c1ccc([N+](=O)[O-])cc1. The van der Waals surface area contributed by atoms with E-state index < -0.39 is 4.92 Å². The topological polar surface area (TPSA) is 43.1 Å². The molecule has 0 radical (unpaired) electrons. The van der Waals surface area contributed by atoms with E-state index in [1.807, 2.05) is 24.3 Å². The van der Waals surface area contributed by atoms with Gasteiger partial charge >= 0.3 is 0 Å². The van der Waals surface area contributed by atoms with Gasteiger partial charge in [-0.05, 0) is 24.1 Å². The number of non-ortho nitro benzene ring substituents is 1. The zero-order valence-corrected chi connectivity index (χ0v) is 8.59. The largest absolute Gasteiger partial charge is 0.269 e. The summed E-state index contributed by atoms with van der Waals surface area (Å²) < 4.78 is 0. The van der Waals surface area contributed by atoms with E-state index in [-0.39, 0.29) is 5.69 Å². The molecule has 0 N–H and O–H groups in total. The summed E-state index contributed by atoms with van der Waals surface area (Å²) >= 11 is 0. The van der Waals surface area contributed by atoms with Gasteiger partial charge in [-0.3, -0.25) is 10.1 Å². The van der Waals surface area contributed by atoms with Gasteiger partial charge in [0.1, 0.15) is 0 Å². The fourth-order valence-electron chi connectivity index (χ4n) is 1.09. The van der Waals surface area contributed by atoms with Crippen molar-refractivity contribution in [2.24, 2.45) is 0 Å². The molecule has 1 aromatic carbocycles. The minimum Gasteiger partial charge on any atom is -0.258 e. The highest BCUT2D eigenvalue weighted by Gasteiger charge is 2.01. The Balaban J connectivity index is 2.68. The Bertz CT molecular complexity index is 377. The smallest absolute Gasteiger partial charge is 0.258 e. The van der Waals surface area contributed by atoms with Gasteiger partial charge in [-0.2, -0.15) is 0 Å². The second kappa shape index (κ2) is 5.75. The number of nitro groups is 1. The third-order valence-corrected chi connectivity index (χ3v) is 1.88. The maximum absolute atomic E-state index is 10.4. The second-order valence-electron chi connectivity index (χ2n) is 3.04. The molecule has 0 aliphatic rings. The Morgan fingerprint density at radius 3 is 2.47 bits per heavy atom. The van der Waals surface area contributed by atoms with Gasteiger partial charge in [-0.15, -0.1) is 0 Å². The van der Waals surface area contributed by atoms with Gasteiger partial charge < -0.3 is 0 Å². The van der Waals surface area contributed by atoms with E-state index in [0.29, 0.717) is 0 Å². The maximum atomic E-state index is 10.4. The molecule has 0 fully saturated rings. The van der Waals surface area contributed by atoms with Crippen molar-refractivity contribution < 1.29 is 4.92 Å². The Hall–Kier alpha value is -1.90. The lowest BCUT2D eigenvalue weighted by atomic mass is 10.2. The average molecular weight is 203 g/mol. The first-order valence-electron chi connectivity index (χ1n) is 4.81. The van der Waals surface area contributed by atoms with Gasteiger partial charge in [-0.25, -0.2) is 0 Å². The molecule has 0 amide bonds. The van der Waals surface area contributed by atoms with Crippen molar-refractivity contribution in [1.29, 1.82) is 0 Å². The van der Waals surface area contributed by atoms with E-state index >= 15 is 0 Å². The van der Waals surface area contributed by atoms with Crippen LogP contribution < -0.4 is 0 Å². The van der Waals surface area contributed by atoms with Gasteiger partial charge in [-0.1, -0.05) is 31.2 Å². The first-order valence-corrected chi connectivity index (χ1v) is 4.81. The van der Waals surface area contributed by atoms with Crippen molar-refractivity contribution in [2.45, 2.75) is 13.3 Å². The van der Waals surface area contributed by atoms with E-state index in [1.165, 1.54) is 12.1 Å². The van der Waals surface area contributed by atoms with Crippen LogP contribution in [0.4, 0.5) is 5.69 Å².